The molecule has 4 rings (SSSR count). The molecule has 2 aromatic carbocycles. The molecule has 0 aliphatic rings. The van der Waals surface area contributed by atoms with Crippen molar-refractivity contribution in [3.63, 3.8) is 0 Å². The van der Waals surface area contributed by atoms with E-state index in [4.69, 9.17) is 4.98 Å². The smallest absolute Gasteiger partial charge is 0.0900 e. The van der Waals surface area contributed by atoms with Crippen LogP contribution < -0.4 is 0 Å². The van der Waals surface area contributed by atoms with Crippen molar-refractivity contribution in [1.82, 2.24) is 9.97 Å². The van der Waals surface area contributed by atoms with Crippen molar-refractivity contribution in [2.75, 3.05) is 0 Å². The second-order valence-corrected chi connectivity index (χ2v) is 6.17. The summed E-state index contributed by atoms with van der Waals surface area (Å²) in [4.78, 5) is 9.42. The summed E-state index contributed by atoms with van der Waals surface area (Å²) in [5.41, 5.74) is 6.47. The van der Waals surface area contributed by atoms with E-state index in [1.165, 1.54) is 21.9 Å². The fraction of sp³-hybridized carbons (Fsp3) is 0.0909. The van der Waals surface area contributed by atoms with Gasteiger partial charge in [0.2, 0.25) is 0 Å². The van der Waals surface area contributed by atoms with Crippen molar-refractivity contribution in [2.24, 2.45) is 0 Å². The lowest BCUT2D eigenvalue weighted by atomic mass is 9.99. The van der Waals surface area contributed by atoms with Gasteiger partial charge in [0.15, 0.2) is 0 Å². The highest BCUT2D eigenvalue weighted by Gasteiger charge is 2.11. The number of hydrogen-bond donors (Lipinski definition) is 0. The highest BCUT2D eigenvalue weighted by atomic mass is 14.8. The summed E-state index contributed by atoms with van der Waals surface area (Å²) >= 11 is 0. The van der Waals surface area contributed by atoms with Crippen LogP contribution in [0.3, 0.4) is 0 Å². The molecule has 0 aliphatic heterocycles. The van der Waals surface area contributed by atoms with Gasteiger partial charge in [-0.25, -0.2) is 4.98 Å². The molecule has 2 nitrogen and oxygen atoms in total. The Morgan fingerprint density at radius 1 is 0.708 bits per heavy atom. The molecule has 2 aromatic heterocycles. The van der Waals surface area contributed by atoms with Gasteiger partial charge in [-0.15, -0.1) is 0 Å². The molecule has 0 amide bonds. The summed E-state index contributed by atoms with van der Waals surface area (Å²) < 4.78 is 0. The molecule has 0 radical (unpaired) electrons. The normalized spacial score (nSPS) is 10.9. The van der Waals surface area contributed by atoms with E-state index in [9.17, 15) is 0 Å². The van der Waals surface area contributed by atoms with Crippen molar-refractivity contribution < 1.29 is 0 Å². The second kappa shape index (κ2) is 5.89. The molecular weight excluding hydrogens is 292 g/mol. The Kier molecular flexibility index (Phi) is 3.58. The molecule has 2 heterocycles. The minimum Gasteiger partial charge on any atom is -0.255 e. The maximum absolute atomic E-state index is 4.96. The molecule has 0 saturated heterocycles. The van der Waals surface area contributed by atoms with Crippen LogP contribution in [0, 0.1) is 13.8 Å². The van der Waals surface area contributed by atoms with E-state index in [1.54, 1.807) is 0 Å². The molecule has 116 valence electrons. The maximum Gasteiger partial charge on any atom is 0.0900 e. The number of aromatic nitrogens is 2. The average Bonchev–Trinajstić information content (AvgIpc) is 2.60. The van der Waals surface area contributed by atoms with Crippen LogP contribution in [0.25, 0.3) is 33.4 Å². The zero-order chi connectivity index (χ0) is 16.5. The monoisotopic (exact) mass is 310 g/mol. The molecule has 0 spiro atoms. The Morgan fingerprint density at radius 3 is 2.21 bits per heavy atom. The molecule has 4 aromatic rings. The van der Waals surface area contributed by atoms with Crippen molar-refractivity contribution in [3.8, 4) is 22.6 Å². The maximum atomic E-state index is 4.96. The predicted octanol–water partition coefficient (Wildman–Crippen LogP) is 5.58. The third kappa shape index (κ3) is 2.67. The molecule has 0 atom stereocenters. The number of fused-ring (bicyclic) bond motifs is 1. The average molecular weight is 310 g/mol. The summed E-state index contributed by atoms with van der Waals surface area (Å²) in [6.07, 6.45) is 1.81. The van der Waals surface area contributed by atoms with E-state index in [2.05, 4.69) is 67.4 Å². The first-order chi connectivity index (χ1) is 11.7. The molecule has 0 aliphatic carbocycles. The third-order valence-corrected chi connectivity index (χ3v) is 4.16. The van der Waals surface area contributed by atoms with E-state index >= 15 is 0 Å². The zero-order valence-electron chi connectivity index (χ0n) is 13.8. The van der Waals surface area contributed by atoms with Gasteiger partial charge in [-0.05, 0) is 49.6 Å². The van der Waals surface area contributed by atoms with Crippen LogP contribution in [-0.4, -0.2) is 9.97 Å². The summed E-state index contributed by atoms with van der Waals surface area (Å²) in [5.74, 6) is 0. The Labute approximate surface area is 141 Å². The summed E-state index contributed by atoms with van der Waals surface area (Å²) in [7, 11) is 0. The molecule has 24 heavy (non-hydrogen) atoms. The largest absolute Gasteiger partial charge is 0.255 e. The lowest BCUT2D eigenvalue weighted by Crippen LogP contribution is -1.93. The highest BCUT2D eigenvalue weighted by Crippen LogP contribution is 2.31. The molecule has 0 fully saturated rings. The van der Waals surface area contributed by atoms with Gasteiger partial charge in [0.05, 0.1) is 17.1 Å². The topological polar surface area (TPSA) is 25.8 Å². The van der Waals surface area contributed by atoms with Gasteiger partial charge in [0.1, 0.15) is 0 Å². The number of aryl methyl sites for hydroxylation is 2. The number of benzene rings is 2. The van der Waals surface area contributed by atoms with Gasteiger partial charge in [-0.3, -0.25) is 4.98 Å². The van der Waals surface area contributed by atoms with E-state index in [0.29, 0.717) is 0 Å². The first kappa shape index (κ1) is 14.6. The van der Waals surface area contributed by atoms with E-state index in [0.717, 1.165) is 22.6 Å². The number of rotatable bonds is 2. The first-order valence-electron chi connectivity index (χ1n) is 8.10. The predicted molar refractivity (Wildman–Crippen MR) is 99.9 cm³/mol. The van der Waals surface area contributed by atoms with Crippen LogP contribution in [0.1, 0.15) is 11.1 Å². The quantitative estimate of drug-likeness (QED) is 0.483. The molecule has 0 saturated carbocycles. The van der Waals surface area contributed by atoms with E-state index in [-0.39, 0.29) is 0 Å². The number of hydrogen-bond acceptors (Lipinski definition) is 2. The first-order valence-corrected chi connectivity index (χ1v) is 8.10. The Bertz CT molecular complexity index is 1000. The fourth-order valence-electron chi connectivity index (χ4n) is 3.18. The van der Waals surface area contributed by atoms with Crippen LogP contribution in [0.2, 0.25) is 0 Å². The van der Waals surface area contributed by atoms with Crippen LogP contribution in [-0.2, 0) is 0 Å². The van der Waals surface area contributed by atoms with Gasteiger partial charge in [-0.2, -0.15) is 0 Å². The minimum absolute atomic E-state index is 0.897. The Morgan fingerprint density at radius 2 is 1.46 bits per heavy atom. The van der Waals surface area contributed by atoms with Crippen molar-refractivity contribution in [2.45, 2.75) is 13.8 Å². The summed E-state index contributed by atoms with van der Waals surface area (Å²) in [5, 5.41) is 2.35. The molecule has 0 unspecified atom stereocenters. The van der Waals surface area contributed by atoms with Crippen molar-refractivity contribution in [3.05, 3.63) is 84.1 Å². The highest BCUT2D eigenvalue weighted by molar-refractivity contribution is 5.96. The van der Waals surface area contributed by atoms with Crippen LogP contribution in [0.4, 0.5) is 0 Å². The molecular formula is C22H18N2. The van der Waals surface area contributed by atoms with Gasteiger partial charge >= 0.3 is 0 Å². The van der Waals surface area contributed by atoms with Crippen LogP contribution >= 0.6 is 0 Å². The molecule has 2 heteroatoms. The van der Waals surface area contributed by atoms with E-state index < -0.39 is 0 Å². The number of nitrogens with zero attached hydrogens (tertiary/aromatic N) is 2. The van der Waals surface area contributed by atoms with Gasteiger partial charge in [0.25, 0.3) is 0 Å². The SMILES string of the molecule is Cc1cc(C)cc(-c2nc(-c3ccccn3)cc3ccccc23)c1. The Hall–Kier alpha value is -3.00. The van der Waals surface area contributed by atoms with Crippen molar-refractivity contribution in [1.29, 1.82) is 0 Å². The van der Waals surface area contributed by atoms with Gasteiger partial charge in [0, 0.05) is 17.1 Å². The lowest BCUT2D eigenvalue weighted by Gasteiger charge is -2.11. The standard InChI is InChI=1S/C22H18N2/c1-15-11-16(2)13-18(12-15)22-19-8-4-3-7-17(19)14-21(24-22)20-9-5-6-10-23-20/h3-14H,1-2H3. The lowest BCUT2D eigenvalue weighted by molar-refractivity contribution is 1.26. The fourth-order valence-corrected chi connectivity index (χ4v) is 3.18. The number of pyridine rings is 2. The van der Waals surface area contributed by atoms with Crippen LogP contribution in [0.5, 0.6) is 0 Å². The van der Waals surface area contributed by atoms with Gasteiger partial charge < -0.3 is 0 Å². The summed E-state index contributed by atoms with van der Waals surface area (Å²) in [6.45, 7) is 4.25. The third-order valence-electron chi connectivity index (χ3n) is 4.16. The summed E-state index contributed by atoms with van der Waals surface area (Å²) in [6, 6.07) is 23.0. The minimum atomic E-state index is 0.897. The molecule has 0 bridgehead atoms. The molecule has 0 N–H and O–H groups in total. The second-order valence-electron chi connectivity index (χ2n) is 6.17. The van der Waals surface area contributed by atoms with Gasteiger partial charge in [-0.1, -0.05) is 47.5 Å². The van der Waals surface area contributed by atoms with E-state index in [1.807, 2.05) is 24.4 Å². The zero-order valence-corrected chi connectivity index (χ0v) is 13.8. The van der Waals surface area contributed by atoms with Crippen LogP contribution in [0.15, 0.2) is 72.9 Å². The van der Waals surface area contributed by atoms with Crippen molar-refractivity contribution >= 4 is 10.8 Å². The Balaban J connectivity index is 2.03.